The van der Waals surface area contributed by atoms with Gasteiger partial charge in [-0.1, -0.05) is 24.3 Å². The molecule has 156 valence electrons. The van der Waals surface area contributed by atoms with Gasteiger partial charge in [-0.25, -0.2) is 23.1 Å². The standard InChI is InChI=1S/C20H24F2N4O2S/c1-12-9-11-26(12)19-23-17(16-8-10-20(21,22)18(16)24-19)15-6-4-14(5-7-15)13(2)25-29(3,27)28/h4-7,12-13,25H,8-11H2,1-3H3/t12-,13-/m0/s1. The molecule has 1 aliphatic carbocycles. The summed E-state index contributed by atoms with van der Waals surface area (Å²) in [5.74, 6) is -2.58. The minimum atomic E-state index is -3.33. The van der Waals surface area contributed by atoms with Crippen molar-refractivity contribution < 1.29 is 17.2 Å². The van der Waals surface area contributed by atoms with E-state index in [0.29, 0.717) is 17.2 Å². The van der Waals surface area contributed by atoms with E-state index >= 15 is 0 Å². The van der Waals surface area contributed by atoms with Gasteiger partial charge in [-0.3, -0.25) is 0 Å². The van der Waals surface area contributed by atoms with Gasteiger partial charge in [-0.15, -0.1) is 0 Å². The zero-order chi connectivity index (χ0) is 21.0. The summed E-state index contributed by atoms with van der Waals surface area (Å²) in [6.45, 7) is 4.55. The lowest BCUT2D eigenvalue weighted by atomic mass is 10.0. The average Bonchev–Trinajstić information content (AvgIpc) is 2.94. The van der Waals surface area contributed by atoms with Crippen LogP contribution in [0.2, 0.25) is 0 Å². The summed E-state index contributed by atoms with van der Waals surface area (Å²) in [5.41, 5.74) is 2.39. The minimum absolute atomic E-state index is 0.159. The molecule has 6 nitrogen and oxygen atoms in total. The summed E-state index contributed by atoms with van der Waals surface area (Å²) in [4.78, 5) is 10.8. The Labute approximate surface area is 169 Å². The van der Waals surface area contributed by atoms with Crippen LogP contribution < -0.4 is 9.62 Å². The van der Waals surface area contributed by atoms with Crippen LogP contribution in [0.1, 0.15) is 49.6 Å². The number of nitrogens with one attached hydrogen (secondary N) is 1. The van der Waals surface area contributed by atoms with Crippen LogP contribution in [-0.2, 0) is 22.4 Å². The molecule has 9 heteroatoms. The van der Waals surface area contributed by atoms with Crippen LogP contribution in [0.5, 0.6) is 0 Å². The van der Waals surface area contributed by atoms with Crippen LogP contribution >= 0.6 is 0 Å². The Hall–Kier alpha value is -2.13. The number of halogens is 2. The largest absolute Gasteiger partial charge is 0.338 e. The molecule has 1 saturated heterocycles. The fourth-order valence-corrected chi connectivity index (χ4v) is 4.69. The molecule has 2 atom stereocenters. The van der Waals surface area contributed by atoms with Gasteiger partial charge < -0.3 is 4.90 Å². The van der Waals surface area contributed by atoms with Crippen molar-refractivity contribution in [3.8, 4) is 11.3 Å². The first-order chi connectivity index (χ1) is 13.5. The lowest BCUT2D eigenvalue weighted by molar-refractivity contribution is -0.00595. The SMILES string of the molecule is C[C@H](NS(C)(=O)=O)c1ccc(-c2nc(N3CC[C@@H]3C)nc3c2CCC3(F)F)cc1. The third kappa shape index (κ3) is 3.85. The van der Waals surface area contributed by atoms with Crippen LogP contribution in [0.3, 0.4) is 0 Å². The second kappa shape index (κ2) is 6.98. The number of benzene rings is 1. The maximum absolute atomic E-state index is 14.4. The van der Waals surface area contributed by atoms with E-state index in [1.807, 2.05) is 11.8 Å². The Morgan fingerprint density at radius 3 is 2.48 bits per heavy atom. The van der Waals surface area contributed by atoms with Crippen molar-refractivity contribution in [2.45, 2.75) is 51.1 Å². The Morgan fingerprint density at radius 2 is 1.93 bits per heavy atom. The monoisotopic (exact) mass is 422 g/mol. The first-order valence-corrected chi connectivity index (χ1v) is 11.6. The number of sulfonamides is 1. The van der Waals surface area contributed by atoms with Gasteiger partial charge in [0, 0.05) is 36.2 Å². The van der Waals surface area contributed by atoms with Gasteiger partial charge in [0.05, 0.1) is 11.9 Å². The number of hydrogen-bond donors (Lipinski definition) is 1. The molecule has 1 aromatic heterocycles. The lowest BCUT2D eigenvalue weighted by Gasteiger charge is -2.39. The zero-order valence-electron chi connectivity index (χ0n) is 16.6. The summed E-state index contributed by atoms with van der Waals surface area (Å²) in [7, 11) is -3.33. The summed E-state index contributed by atoms with van der Waals surface area (Å²) >= 11 is 0. The van der Waals surface area contributed by atoms with Crippen LogP contribution in [0.4, 0.5) is 14.7 Å². The second-order valence-electron chi connectivity index (χ2n) is 7.97. The van der Waals surface area contributed by atoms with Gasteiger partial charge in [0.25, 0.3) is 5.92 Å². The fourth-order valence-electron chi connectivity index (χ4n) is 3.91. The van der Waals surface area contributed by atoms with E-state index in [0.717, 1.165) is 30.3 Å². The van der Waals surface area contributed by atoms with Gasteiger partial charge in [0.15, 0.2) is 0 Å². The van der Waals surface area contributed by atoms with Gasteiger partial charge in [-0.2, -0.15) is 8.78 Å². The van der Waals surface area contributed by atoms with Crippen molar-refractivity contribution in [3.05, 3.63) is 41.1 Å². The molecule has 0 bridgehead atoms. The molecular weight excluding hydrogens is 398 g/mol. The van der Waals surface area contributed by atoms with Crippen molar-refractivity contribution >= 4 is 16.0 Å². The molecule has 2 heterocycles. The minimum Gasteiger partial charge on any atom is -0.338 e. The highest BCUT2D eigenvalue weighted by Crippen LogP contribution is 2.44. The van der Waals surface area contributed by atoms with Gasteiger partial charge in [0.1, 0.15) is 5.69 Å². The molecule has 2 aromatic rings. The summed E-state index contributed by atoms with van der Waals surface area (Å²) in [5, 5.41) is 0. The van der Waals surface area contributed by atoms with Gasteiger partial charge in [0.2, 0.25) is 16.0 Å². The Morgan fingerprint density at radius 1 is 1.24 bits per heavy atom. The quantitative estimate of drug-likeness (QED) is 0.800. The Bertz CT molecular complexity index is 1040. The van der Waals surface area contributed by atoms with Crippen molar-refractivity contribution in [2.24, 2.45) is 0 Å². The molecule has 1 N–H and O–H groups in total. The first kappa shape index (κ1) is 20.2. The van der Waals surface area contributed by atoms with E-state index < -0.39 is 22.0 Å². The fraction of sp³-hybridized carbons (Fsp3) is 0.500. The lowest BCUT2D eigenvalue weighted by Crippen LogP contribution is -2.47. The summed E-state index contributed by atoms with van der Waals surface area (Å²) < 4.78 is 54.3. The second-order valence-corrected chi connectivity index (χ2v) is 9.75. The highest BCUT2D eigenvalue weighted by atomic mass is 32.2. The van der Waals surface area contributed by atoms with E-state index in [-0.39, 0.29) is 24.6 Å². The van der Waals surface area contributed by atoms with Crippen LogP contribution in [0.15, 0.2) is 24.3 Å². The molecule has 0 saturated carbocycles. The third-order valence-corrected chi connectivity index (χ3v) is 6.46. The predicted octanol–water partition coefficient (Wildman–Crippen LogP) is 3.39. The maximum Gasteiger partial charge on any atom is 0.290 e. The molecule has 0 spiro atoms. The Balaban J connectivity index is 1.73. The first-order valence-electron chi connectivity index (χ1n) is 9.68. The molecule has 1 fully saturated rings. The summed E-state index contributed by atoms with van der Waals surface area (Å²) in [6.07, 6.45) is 2.09. The molecule has 4 rings (SSSR count). The van der Waals surface area contributed by atoms with Crippen molar-refractivity contribution in [1.82, 2.24) is 14.7 Å². The normalized spacial score (nSPS) is 21.6. The molecular formula is C20H24F2N4O2S. The van der Waals surface area contributed by atoms with Crippen LogP contribution in [0.25, 0.3) is 11.3 Å². The van der Waals surface area contributed by atoms with Crippen LogP contribution in [-0.4, -0.2) is 37.2 Å². The molecule has 0 amide bonds. The van der Waals surface area contributed by atoms with Crippen molar-refractivity contribution in [3.63, 3.8) is 0 Å². The number of anilines is 1. The molecule has 2 aliphatic rings. The zero-order valence-corrected chi connectivity index (χ0v) is 17.4. The number of rotatable bonds is 5. The van der Waals surface area contributed by atoms with Crippen molar-refractivity contribution in [1.29, 1.82) is 0 Å². The van der Waals surface area contributed by atoms with Gasteiger partial charge in [-0.05, 0) is 32.3 Å². The number of hydrogen-bond acceptors (Lipinski definition) is 5. The number of fused-ring (bicyclic) bond motifs is 1. The molecule has 1 aliphatic heterocycles. The van der Waals surface area contributed by atoms with Gasteiger partial charge >= 0.3 is 0 Å². The highest BCUT2D eigenvalue weighted by Gasteiger charge is 2.44. The molecule has 0 radical (unpaired) electrons. The number of aromatic nitrogens is 2. The Kier molecular flexibility index (Phi) is 4.85. The van der Waals surface area contributed by atoms with E-state index in [9.17, 15) is 17.2 Å². The molecule has 0 unspecified atom stereocenters. The van der Waals surface area contributed by atoms with E-state index in [1.54, 1.807) is 31.2 Å². The molecule has 29 heavy (non-hydrogen) atoms. The molecule has 1 aromatic carbocycles. The smallest absolute Gasteiger partial charge is 0.290 e. The number of alkyl halides is 2. The average molecular weight is 423 g/mol. The van der Waals surface area contributed by atoms with E-state index in [4.69, 9.17) is 0 Å². The summed E-state index contributed by atoms with van der Waals surface area (Å²) in [6, 6.07) is 7.05. The predicted molar refractivity (Wildman–Crippen MR) is 108 cm³/mol. The highest BCUT2D eigenvalue weighted by molar-refractivity contribution is 7.88. The number of nitrogens with zero attached hydrogens (tertiary/aromatic N) is 3. The topological polar surface area (TPSA) is 75.2 Å². The van der Waals surface area contributed by atoms with Crippen molar-refractivity contribution in [2.75, 3.05) is 17.7 Å². The third-order valence-electron chi connectivity index (χ3n) is 5.68. The van der Waals surface area contributed by atoms with Crippen LogP contribution in [0, 0.1) is 0 Å². The van der Waals surface area contributed by atoms with E-state index in [2.05, 4.69) is 14.7 Å². The maximum atomic E-state index is 14.4. The van der Waals surface area contributed by atoms with E-state index in [1.165, 1.54) is 0 Å².